The van der Waals surface area contributed by atoms with E-state index in [-0.39, 0.29) is 17.1 Å². The molecule has 8 heteroatoms. The largest absolute Gasteiger partial charge is 0.300 e. The number of nitrogens with zero attached hydrogens (tertiary/aromatic N) is 1. The summed E-state index contributed by atoms with van der Waals surface area (Å²) in [6.45, 7) is 2.57. The number of Topliss-reactive ketones (excluding diaryl/α,β-unsaturated/α-hetero) is 1. The van der Waals surface area contributed by atoms with Gasteiger partial charge in [-0.25, -0.2) is 18.6 Å². The number of carbonyl (C=O) groups excluding carboxylic acids is 2. The van der Waals surface area contributed by atoms with Crippen LogP contribution in [0.25, 0.3) is 0 Å². The average molecular weight is 311 g/mol. The monoisotopic (exact) mass is 311 g/mol. The topological polar surface area (TPSA) is 105 Å². The molecule has 0 fully saturated rings. The van der Waals surface area contributed by atoms with Crippen molar-refractivity contribution in [1.82, 2.24) is 10.1 Å². The molecule has 1 rings (SSSR count). The molecule has 2 N–H and O–H groups in total. The molecule has 0 aliphatic carbocycles. The Morgan fingerprint density at radius 2 is 1.76 bits per heavy atom. The Kier molecular flexibility index (Phi) is 6.19. The minimum Gasteiger partial charge on any atom is -0.300 e. The van der Waals surface area contributed by atoms with E-state index in [0.717, 1.165) is 0 Å². The fourth-order valence-corrected chi connectivity index (χ4v) is 2.44. The number of hydrogen-bond donors (Lipinski definition) is 2. The van der Waals surface area contributed by atoms with Gasteiger partial charge >= 0.3 is 0 Å². The molecular weight excluding hydrogens is 294 g/mol. The molecular formula is C13H17N3O4S. The highest BCUT2D eigenvalue weighted by atomic mass is 32.2. The average Bonchev–Trinajstić information content (AvgIpc) is 2.43. The number of benzene rings is 1. The molecule has 0 heterocycles. The van der Waals surface area contributed by atoms with Crippen LogP contribution in [0.1, 0.15) is 20.3 Å². The van der Waals surface area contributed by atoms with Gasteiger partial charge < -0.3 is 0 Å². The minimum atomic E-state index is -3.73. The summed E-state index contributed by atoms with van der Waals surface area (Å²) in [5.74, 6) is -0.687. The molecule has 114 valence electrons. The van der Waals surface area contributed by atoms with Crippen molar-refractivity contribution in [2.24, 2.45) is 5.10 Å². The molecule has 1 amide bonds. The van der Waals surface area contributed by atoms with Crippen LogP contribution in [0.4, 0.5) is 0 Å². The Labute approximate surface area is 123 Å². The summed E-state index contributed by atoms with van der Waals surface area (Å²) in [5, 5.41) is 3.70. The third kappa shape index (κ3) is 6.28. The zero-order chi connectivity index (χ0) is 15.9. The van der Waals surface area contributed by atoms with E-state index in [9.17, 15) is 18.0 Å². The lowest BCUT2D eigenvalue weighted by molar-refractivity contribution is -0.120. The Hall–Kier alpha value is -2.06. The van der Waals surface area contributed by atoms with Gasteiger partial charge in [-0.05, 0) is 26.0 Å². The summed E-state index contributed by atoms with van der Waals surface area (Å²) >= 11 is 0. The normalized spacial score (nSPS) is 12.0. The number of rotatable bonds is 7. The first-order chi connectivity index (χ1) is 9.81. The lowest BCUT2D eigenvalue weighted by atomic mass is 10.2. The highest BCUT2D eigenvalue weighted by Crippen LogP contribution is 2.06. The SMILES string of the molecule is CC(=O)CC(C)=NNC(=O)CNS(=O)(=O)c1ccccc1. The second-order valence-electron chi connectivity index (χ2n) is 4.40. The van der Waals surface area contributed by atoms with E-state index in [1.807, 2.05) is 0 Å². The number of sulfonamides is 1. The van der Waals surface area contributed by atoms with Gasteiger partial charge in [0.05, 0.1) is 11.4 Å². The predicted molar refractivity (Wildman–Crippen MR) is 78.2 cm³/mol. The highest BCUT2D eigenvalue weighted by molar-refractivity contribution is 7.89. The Balaban J connectivity index is 2.52. The molecule has 21 heavy (non-hydrogen) atoms. The fraction of sp³-hybridized carbons (Fsp3) is 0.308. The molecule has 0 unspecified atom stereocenters. The first-order valence-electron chi connectivity index (χ1n) is 6.17. The van der Waals surface area contributed by atoms with Crippen molar-refractivity contribution in [1.29, 1.82) is 0 Å². The Morgan fingerprint density at radius 1 is 1.14 bits per heavy atom. The van der Waals surface area contributed by atoms with E-state index in [4.69, 9.17) is 0 Å². The minimum absolute atomic E-state index is 0.0738. The molecule has 0 saturated carbocycles. The van der Waals surface area contributed by atoms with Gasteiger partial charge in [0.1, 0.15) is 5.78 Å². The number of nitrogens with one attached hydrogen (secondary N) is 2. The van der Waals surface area contributed by atoms with Crippen LogP contribution in [-0.4, -0.2) is 32.4 Å². The lowest BCUT2D eigenvalue weighted by Gasteiger charge is -2.06. The summed E-state index contributed by atoms with van der Waals surface area (Å²) in [5.41, 5.74) is 2.63. The van der Waals surface area contributed by atoms with Crippen LogP contribution in [0.15, 0.2) is 40.3 Å². The summed E-state index contributed by atoms with van der Waals surface area (Å²) in [6.07, 6.45) is 0.135. The molecule has 0 atom stereocenters. The van der Waals surface area contributed by atoms with E-state index in [1.165, 1.54) is 19.1 Å². The van der Waals surface area contributed by atoms with E-state index >= 15 is 0 Å². The second kappa shape index (κ2) is 7.65. The van der Waals surface area contributed by atoms with Gasteiger partial charge in [0, 0.05) is 12.1 Å². The maximum atomic E-state index is 11.8. The molecule has 1 aromatic carbocycles. The number of hydrazone groups is 1. The van der Waals surface area contributed by atoms with Gasteiger partial charge in [0.25, 0.3) is 5.91 Å². The van der Waals surface area contributed by atoms with Crippen LogP contribution < -0.4 is 10.1 Å². The van der Waals surface area contributed by atoms with Crippen molar-refractivity contribution < 1.29 is 18.0 Å². The van der Waals surface area contributed by atoms with E-state index in [0.29, 0.717) is 5.71 Å². The van der Waals surface area contributed by atoms with E-state index in [1.54, 1.807) is 25.1 Å². The van der Waals surface area contributed by atoms with Crippen LogP contribution in [-0.2, 0) is 19.6 Å². The number of hydrogen-bond acceptors (Lipinski definition) is 5. The van der Waals surface area contributed by atoms with Gasteiger partial charge in [0.15, 0.2) is 0 Å². The van der Waals surface area contributed by atoms with Gasteiger partial charge in [-0.1, -0.05) is 18.2 Å². The maximum Gasteiger partial charge on any atom is 0.255 e. The molecule has 0 aromatic heterocycles. The van der Waals surface area contributed by atoms with Crippen LogP contribution in [0.2, 0.25) is 0 Å². The molecule has 0 aliphatic rings. The van der Waals surface area contributed by atoms with Crippen LogP contribution in [0.3, 0.4) is 0 Å². The first kappa shape index (κ1) is 17.0. The predicted octanol–water partition coefficient (Wildman–Crippen LogP) is 0.436. The molecule has 0 spiro atoms. The summed E-state index contributed by atoms with van der Waals surface area (Å²) in [7, 11) is -3.73. The maximum absolute atomic E-state index is 11.8. The molecule has 0 bridgehead atoms. The third-order valence-corrected chi connectivity index (χ3v) is 3.77. The molecule has 7 nitrogen and oxygen atoms in total. The molecule has 0 radical (unpaired) electrons. The number of ketones is 1. The Bertz CT molecular complexity index is 639. The van der Waals surface area contributed by atoms with Crippen molar-refractivity contribution in [2.75, 3.05) is 6.54 Å². The van der Waals surface area contributed by atoms with Gasteiger partial charge in [-0.2, -0.15) is 5.10 Å². The first-order valence-corrected chi connectivity index (χ1v) is 7.66. The quantitative estimate of drug-likeness (QED) is 0.563. The van der Waals surface area contributed by atoms with Crippen molar-refractivity contribution in [3.05, 3.63) is 30.3 Å². The van der Waals surface area contributed by atoms with Crippen LogP contribution >= 0.6 is 0 Å². The van der Waals surface area contributed by atoms with Crippen molar-refractivity contribution in [3.8, 4) is 0 Å². The van der Waals surface area contributed by atoms with Gasteiger partial charge in [0.2, 0.25) is 10.0 Å². The summed E-state index contributed by atoms with van der Waals surface area (Å²) < 4.78 is 25.9. The van der Waals surface area contributed by atoms with Crippen molar-refractivity contribution >= 4 is 27.4 Å². The summed E-state index contributed by atoms with van der Waals surface area (Å²) in [6, 6.07) is 7.72. The van der Waals surface area contributed by atoms with Gasteiger partial charge in [-0.3, -0.25) is 9.59 Å². The number of amides is 1. The highest BCUT2D eigenvalue weighted by Gasteiger charge is 2.14. The zero-order valence-electron chi connectivity index (χ0n) is 11.8. The molecule has 0 saturated heterocycles. The molecule has 0 aliphatic heterocycles. The Morgan fingerprint density at radius 3 is 2.33 bits per heavy atom. The molecule has 1 aromatic rings. The standard InChI is InChI=1S/C13H17N3O4S/c1-10(8-11(2)17)15-16-13(18)9-14-21(19,20)12-6-4-3-5-7-12/h3-7,14H,8-9H2,1-2H3,(H,16,18). The van der Waals surface area contributed by atoms with Crippen molar-refractivity contribution in [3.63, 3.8) is 0 Å². The number of carbonyl (C=O) groups is 2. The van der Waals surface area contributed by atoms with Crippen molar-refractivity contribution in [2.45, 2.75) is 25.2 Å². The van der Waals surface area contributed by atoms with Crippen LogP contribution in [0, 0.1) is 0 Å². The van der Waals surface area contributed by atoms with Crippen LogP contribution in [0.5, 0.6) is 0 Å². The second-order valence-corrected chi connectivity index (χ2v) is 6.17. The van der Waals surface area contributed by atoms with E-state index < -0.39 is 22.5 Å². The van der Waals surface area contributed by atoms with E-state index in [2.05, 4.69) is 15.2 Å². The fourth-order valence-electron chi connectivity index (χ4n) is 1.44. The van der Waals surface area contributed by atoms with Gasteiger partial charge in [-0.15, -0.1) is 0 Å². The lowest BCUT2D eigenvalue weighted by Crippen LogP contribution is -2.35. The summed E-state index contributed by atoms with van der Waals surface area (Å²) in [4.78, 5) is 22.4. The zero-order valence-corrected chi connectivity index (χ0v) is 12.6. The smallest absolute Gasteiger partial charge is 0.255 e. The third-order valence-electron chi connectivity index (χ3n) is 2.35.